The fraction of sp³-hybridized carbons (Fsp3) is 0.368. The van der Waals surface area contributed by atoms with Crippen LogP contribution >= 0.6 is 0 Å². The van der Waals surface area contributed by atoms with Crippen LogP contribution in [0.25, 0.3) is 0 Å². The summed E-state index contributed by atoms with van der Waals surface area (Å²) < 4.78 is 13.5. The fourth-order valence-electron chi connectivity index (χ4n) is 2.34. The molecule has 1 heterocycles. The summed E-state index contributed by atoms with van der Waals surface area (Å²) in [5.41, 5.74) is 1.10. The van der Waals surface area contributed by atoms with Crippen molar-refractivity contribution in [2.24, 2.45) is 0 Å². The van der Waals surface area contributed by atoms with Gasteiger partial charge in [-0.05, 0) is 36.6 Å². The molecule has 0 atom stereocenters. The molecule has 128 valence electrons. The van der Waals surface area contributed by atoms with Crippen LogP contribution in [0.2, 0.25) is 0 Å². The molecule has 1 aromatic carbocycles. The van der Waals surface area contributed by atoms with Crippen molar-refractivity contribution in [3.8, 4) is 0 Å². The van der Waals surface area contributed by atoms with E-state index in [0.717, 1.165) is 18.8 Å². The number of hydrogen-bond donors (Lipinski definition) is 2. The molecule has 5 heteroatoms. The number of hydrogen-bond acceptors (Lipinski definition) is 3. The highest BCUT2D eigenvalue weighted by atomic mass is 19.1. The van der Waals surface area contributed by atoms with E-state index < -0.39 is 0 Å². The first kappa shape index (κ1) is 17.9. The number of aromatic nitrogens is 1. The Morgan fingerprint density at radius 3 is 2.67 bits per heavy atom. The molecule has 2 rings (SSSR count). The zero-order chi connectivity index (χ0) is 17.2. The van der Waals surface area contributed by atoms with Gasteiger partial charge >= 0.3 is 0 Å². The molecule has 0 spiro atoms. The molecule has 0 saturated heterocycles. The van der Waals surface area contributed by atoms with E-state index in [-0.39, 0.29) is 11.7 Å². The first-order valence-electron chi connectivity index (χ1n) is 8.42. The Hall–Kier alpha value is -2.43. The predicted octanol–water partition coefficient (Wildman–Crippen LogP) is 3.80. The number of carbonyl (C=O) groups is 1. The van der Waals surface area contributed by atoms with Crippen molar-refractivity contribution in [2.45, 2.75) is 32.6 Å². The quantitative estimate of drug-likeness (QED) is 0.688. The zero-order valence-electron chi connectivity index (χ0n) is 14.0. The van der Waals surface area contributed by atoms with Gasteiger partial charge in [0.15, 0.2) is 0 Å². The first-order valence-corrected chi connectivity index (χ1v) is 8.42. The Bertz CT molecular complexity index is 643. The van der Waals surface area contributed by atoms with E-state index in [4.69, 9.17) is 0 Å². The maximum atomic E-state index is 13.5. The molecule has 0 aliphatic carbocycles. The number of unbranched alkanes of at least 4 members (excludes halogenated alkanes) is 2. The molecular weight excluding hydrogens is 305 g/mol. The summed E-state index contributed by atoms with van der Waals surface area (Å²) in [6, 6.07) is 10.1. The Balaban J connectivity index is 1.77. The smallest absolute Gasteiger partial charge is 0.252 e. The maximum Gasteiger partial charge on any atom is 0.252 e. The van der Waals surface area contributed by atoms with Gasteiger partial charge in [-0.2, -0.15) is 0 Å². The van der Waals surface area contributed by atoms with Crippen LogP contribution in [0, 0.1) is 5.82 Å². The van der Waals surface area contributed by atoms with Gasteiger partial charge in [-0.3, -0.25) is 4.79 Å². The van der Waals surface area contributed by atoms with Crippen molar-refractivity contribution < 1.29 is 9.18 Å². The minimum atomic E-state index is -0.244. The van der Waals surface area contributed by atoms with Gasteiger partial charge in [0.05, 0.1) is 5.56 Å². The number of halogens is 1. The second-order valence-corrected chi connectivity index (χ2v) is 5.66. The number of amides is 1. The molecule has 24 heavy (non-hydrogen) atoms. The molecule has 0 unspecified atom stereocenters. The summed E-state index contributed by atoms with van der Waals surface area (Å²) in [4.78, 5) is 16.3. The number of nitrogens with one attached hydrogen (secondary N) is 2. The van der Waals surface area contributed by atoms with Crippen molar-refractivity contribution >= 4 is 11.7 Å². The van der Waals surface area contributed by atoms with E-state index in [1.54, 1.807) is 36.5 Å². The summed E-state index contributed by atoms with van der Waals surface area (Å²) in [5, 5.41) is 6.02. The zero-order valence-corrected chi connectivity index (χ0v) is 14.0. The second-order valence-electron chi connectivity index (χ2n) is 5.66. The molecule has 2 aromatic rings. The van der Waals surface area contributed by atoms with E-state index >= 15 is 0 Å². The number of nitrogens with zero attached hydrogens (tertiary/aromatic N) is 1. The molecule has 0 aliphatic heterocycles. The van der Waals surface area contributed by atoms with Gasteiger partial charge in [-0.15, -0.1) is 0 Å². The standard InChI is InChI=1S/C19H24FN3O/c1-2-3-6-12-21-18-10-9-16(14-23-18)19(24)22-13-11-15-7-4-5-8-17(15)20/h4-5,7-10,14H,2-3,6,11-13H2,1H3,(H,21,23)(H,22,24). The number of carbonyl (C=O) groups excluding carboxylic acids is 1. The third-order valence-corrected chi connectivity index (χ3v) is 3.75. The molecule has 0 saturated carbocycles. The summed E-state index contributed by atoms with van der Waals surface area (Å²) in [6.45, 7) is 3.43. The highest BCUT2D eigenvalue weighted by Crippen LogP contribution is 2.08. The monoisotopic (exact) mass is 329 g/mol. The Labute approximate surface area is 142 Å². The molecule has 4 nitrogen and oxygen atoms in total. The third kappa shape index (κ3) is 5.65. The largest absolute Gasteiger partial charge is 0.370 e. The first-order chi connectivity index (χ1) is 11.7. The van der Waals surface area contributed by atoms with Gasteiger partial charge < -0.3 is 10.6 Å². The normalized spacial score (nSPS) is 10.4. The molecule has 0 fully saturated rings. The van der Waals surface area contributed by atoms with E-state index in [1.165, 1.54) is 18.9 Å². The van der Waals surface area contributed by atoms with E-state index in [9.17, 15) is 9.18 Å². The topological polar surface area (TPSA) is 54.0 Å². The van der Waals surface area contributed by atoms with Crippen molar-refractivity contribution in [1.29, 1.82) is 0 Å². The van der Waals surface area contributed by atoms with Crippen LogP contribution in [0.1, 0.15) is 42.1 Å². The Morgan fingerprint density at radius 2 is 1.96 bits per heavy atom. The van der Waals surface area contributed by atoms with Crippen LogP contribution < -0.4 is 10.6 Å². The summed E-state index contributed by atoms with van der Waals surface area (Å²) in [6.07, 6.45) is 5.50. The van der Waals surface area contributed by atoms with Gasteiger partial charge in [0.25, 0.3) is 5.91 Å². The lowest BCUT2D eigenvalue weighted by molar-refractivity contribution is 0.0953. The van der Waals surface area contributed by atoms with Crippen LogP contribution in [0.15, 0.2) is 42.6 Å². The van der Waals surface area contributed by atoms with Crippen molar-refractivity contribution in [3.05, 3.63) is 59.5 Å². The Morgan fingerprint density at radius 1 is 1.12 bits per heavy atom. The van der Waals surface area contributed by atoms with Crippen LogP contribution in [0.4, 0.5) is 10.2 Å². The van der Waals surface area contributed by atoms with Crippen molar-refractivity contribution in [2.75, 3.05) is 18.4 Å². The minimum absolute atomic E-state index is 0.198. The van der Waals surface area contributed by atoms with Gasteiger partial charge in [0.2, 0.25) is 0 Å². The summed E-state index contributed by atoms with van der Waals surface area (Å²) >= 11 is 0. The highest BCUT2D eigenvalue weighted by molar-refractivity contribution is 5.94. The number of benzene rings is 1. The third-order valence-electron chi connectivity index (χ3n) is 3.75. The van der Waals surface area contributed by atoms with Crippen LogP contribution in [-0.2, 0) is 6.42 Å². The maximum absolute atomic E-state index is 13.5. The van der Waals surface area contributed by atoms with Crippen LogP contribution in [-0.4, -0.2) is 24.0 Å². The van der Waals surface area contributed by atoms with Gasteiger partial charge in [0.1, 0.15) is 11.6 Å². The van der Waals surface area contributed by atoms with Crippen molar-refractivity contribution in [3.63, 3.8) is 0 Å². The second kappa shape index (κ2) is 9.65. The van der Waals surface area contributed by atoms with Gasteiger partial charge in [-0.1, -0.05) is 38.0 Å². The van der Waals surface area contributed by atoms with Gasteiger partial charge in [0, 0.05) is 19.3 Å². The van der Waals surface area contributed by atoms with Gasteiger partial charge in [-0.25, -0.2) is 9.37 Å². The molecule has 0 bridgehead atoms. The van der Waals surface area contributed by atoms with E-state index in [2.05, 4.69) is 22.5 Å². The molecular formula is C19H24FN3O. The van der Waals surface area contributed by atoms with Crippen LogP contribution in [0.5, 0.6) is 0 Å². The summed E-state index contributed by atoms with van der Waals surface area (Å²) in [7, 11) is 0. The molecule has 0 radical (unpaired) electrons. The number of pyridine rings is 1. The molecule has 2 N–H and O–H groups in total. The fourth-order valence-corrected chi connectivity index (χ4v) is 2.34. The average Bonchev–Trinajstić information content (AvgIpc) is 2.61. The summed E-state index contributed by atoms with van der Waals surface area (Å²) in [5.74, 6) is 0.331. The Kier molecular flexibility index (Phi) is 7.21. The average molecular weight is 329 g/mol. The minimum Gasteiger partial charge on any atom is -0.370 e. The molecule has 1 aromatic heterocycles. The highest BCUT2D eigenvalue weighted by Gasteiger charge is 2.07. The number of rotatable bonds is 9. The predicted molar refractivity (Wildman–Crippen MR) is 94.7 cm³/mol. The van der Waals surface area contributed by atoms with Crippen LogP contribution in [0.3, 0.4) is 0 Å². The number of anilines is 1. The van der Waals surface area contributed by atoms with E-state index in [0.29, 0.717) is 24.1 Å². The SMILES string of the molecule is CCCCCNc1ccc(C(=O)NCCc2ccccc2F)cn1. The van der Waals surface area contributed by atoms with E-state index in [1.807, 2.05) is 0 Å². The van der Waals surface area contributed by atoms with Crippen molar-refractivity contribution in [1.82, 2.24) is 10.3 Å². The molecule has 0 aliphatic rings. The lowest BCUT2D eigenvalue weighted by Gasteiger charge is -2.08. The lowest BCUT2D eigenvalue weighted by Crippen LogP contribution is -2.26. The molecule has 1 amide bonds. The lowest BCUT2D eigenvalue weighted by atomic mass is 10.1.